The molecule has 0 radical (unpaired) electrons. The number of fused-ring (bicyclic) bond motifs is 1. The summed E-state index contributed by atoms with van der Waals surface area (Å²) in [4.78, 5) is 16.9. The number of aromatic nitrogens is 1. The Morgan fingerprint density at radius 3 is 2.58 bits per heavy atom. The summed E-state index contributed by atoms with van der Waals surface area (Å²) >= 11 is 1.43. The van der Waals surface area contributed by atoms with E-state index in [2.05, 4.69) is 4.98 Å². The number of hydrogen-bond donors (Lipinski definition) is 1. The number of rotatable bonds is 5. The smallest absolute Gasteiger partial charge is 0.320 e. The fourth-order valence-electron chi connectivity index (χ4n) is 2.11. The van der Waals surface area contributed by atoms with Gasteiger partial charge in [-0.1, -0.05) is 32.0 Å². The summed E-state index contributed by atoms with van der Waals surface area (Å²) in [5.74, 6) is -0.747. The van der Waals surface area contributed by atoms with E-state index in [4.69, 9.17) is 0 Å². The highest BCUT2D eigenvalue weighted by atomic mass is 32.2. The van der Waals surface area contributed by atoms with E-state index in [0.29, 0.717) is 12.8 Å². The van der Waals surface area contributed by atoms with Crippen LogP contribution in [0.2, 0.25) is 0 Å². The van der Waals surface area contributed by atoms with Gasteiger partial charge in [0.1, 0.15) is 4.75 Å². The molecule has 0 bridgehead atoms. The Morgan fingerprint density at radius 1 is 1.26 bits per heavy atom. The van der Waals surface area contributed by atoms with Crippen molar-refractivity contribution in [3.05, 3.63) is 36.5 Å². The molecular formula is C15H17NO2S. The maximum absolute atomic E-state index is 11.6. The highest BCUT2D eigenvalue weighted by molar-refractivity contribution is 8.01. The molecule has 0 atom stereocenters. The standard InChI is InChI=1S/C15H17NO2S/c1-3-15(4-2,14(17)18)19-13-9-10-16-12-8-6-5-7-11(12)13/h5-10H,3-4H2,1-2H3,(H,17,18). The van der Waals surface area contributed by atoms with Gasteiger partial charge in [0.05, 0.1) is 5.52 Å². The van der Waals surface area contributed by atoms with E-state index in [-0.39, 0.29) is 0 Å². The van der Waals surface area contributed by atoms with E-state index < -0.39 is 10.7 Å². The summed E-state index contributed by atoms with van der Waals surface area (Å²) in [6, 6.07) is 9.72. The molecule has 2 aromatic rings. The highest BCUT2D eigenvalue weighted by Crippen LogP contribution is 2.41. The average molecular weight is 275 g/mol. The molecule has 4 heteroatoms. The molecule has 2 rings (SSSR count). The fraction of sp³-hybridized carbons (Fsp3) is 0.333. The van der Waals surface area contributed by atoms with Gasteiger partial charge in [0.2, 0.25) is 0 Å². The molecule has 1 aromatic heterocycles. The van der Waals surface area contributed by atoms with Crippen molar-refractivity contribution < 1.29 is 9.90 Å². The summed E-state index contributed by atoms with van der Waals surface area (Å²) in [7, 11) is 0. The SMILES string of the molecule is CCC(CC)(Sc1ccnc2ccccc12)C(=O)O. The molecule has 0 fully saturated rings. The van der Waals surface area contributed by atoms with Gasteiger partial charge in [-0.3, -0.25) is 9.78 Å². The minimum Gasteiger partial charge on any atom is -0.480 e. The number of carbonyl (C=O) groups is 1. The fourth-order valence-corrected chi connectivity index (χ4v) is 3.32. The Labute approximate surface area is 117 Å². The first-order valence-corrected chi connectivity index (χ1v) is 7.20. The van der Waals surface area contributed by atoms with Crippen molar-refractivity contribution in [1.82, 2.24) is 4.98 Å². The molecule has 1 N–H and O–H groups in total. The van der Waals surface area contributed by atoms with Crippen molar-refractivity contribution in [2.24, 2.45) is 0 Å². The Balaban J connectivity index is 2.48. The minimum absolute atomic E-state index is 0.597. The zero-order chi connectivity index (χ0) is 13.9. The second-order valence-corrected chi connectivity index (χ2v) is 5.86. The predicted molar refractivity (Wildman–Crippen MR) is 78.5 cm³/mol. The van der Waals surface area contributed by atoms with Gasteiger partial charge in [-0.25, -0.2) is 0 Å². The molecule has 0 amide bonds. The summed E-state index contributed by atoms with van der Waals surface area (Å²) in [5, 5.41) is 10.5. The lowest BCUT2D eigenvalue weighted by molar-refractivity contribution is -0.140. The Kier molecular flexibility index (Phi) is 4.10. The number of aliphatic carboxylic acids is 1. The summed E-state index contributed by atoms with van der Waals surface area (Å²) < 4.78 is -0.760. The van der Waals surface area contributed by atoms with Gasteiger partial charge < -0.3 is 5.11 Å². The molecule has 3 nitrogen and oxygen atoms in total. The van der Waals surface area contributed by atoms with Gasteiger partial charge in [0, 0.05) is 16.5 Å². The number of benzene rings is 1. The van der Waals surface area contributed by atoms with Crippen LogP contribution in [0.4, 0.5) is 0 Å². The second-order valence-electron chi connectivity index (χ2n) is 4.43. The topological polar surface area (TPSA) is 50.2 Å². The van der Waals surface area contributed by atoms with E-state index in [1.54, 1.807) is 6.20 Å². The normalized spacial score (nSPS) is 11.7. The Bertz CT molecular complexity index is 588. The maximum Gasteiger partial charge on any atom is 0.320 e. The van der Waals surface area contributed by atoms with Crippen molar-refractivity contribution >= 4 is 28.6 Å². The molecule has 0 saturated carbocycles. The number of nitrogens with zero attached hydrogens (tertiary/aromatic N) is 1. The van der Waals surface area contributed by atoms with Crippen molar-refractivity contribution in [1.29, 1.82) is 0 Å². The first kappa shape index (κ1) is 13.9. The quantitative estimate of drug-likeness (QED) is 0.839. The average Bonchev–Trinajstić information content (AvgIpc) is 2.44. The van der Waals surface area contributed by atoms with Crippen molar-refractivity contribution in [3.8, 4) is 0 Å². The van der Waals surface area contributed by atoms with E-state index in [0.717, 1.165) is 15.8 Å². The molecule has 1 aromatic carbocycles. The first-order chi connectivity index (χ1) is 9.13. The highest BCUT2D eigenvalue weighted by Gasteiger charge is 2.36. The van der Waals surface area contributed by atoms with E-state index >= 15 is 0 Å². The van der Waals surface area contributed by atoms with Crippen LogP contribution in [0.15, 0.2) is 41.4 Å². The number of carboxylic acids is 1. The lowest BCUT2D eigenvalue weighted by Gasteiger charge is -2.26. The largest absolute Gasteiger partial charge is 0.480 e. The van der Waals surface area contributed by atoms with Crippen molar-refractivity contribution in [3.63, 3.8) is 0 Å². The number of para-hydroxylation sites is 1. The molecule has 100 valence electrons. The van der Waals surface area contributed by atoms with Crippen LogP contribution in [0.1, 0.15) is 26.7 Å². The lowest BCUT2D eigenvalue weighted by atomic mass is 10.0. The third kappa shape index (κ3) is 2.59. The molecule has 0 unspecified atom stereocenters. The van der Waals surface area contributed by atoms with Crippen LogP contribution in [0, 0.1) is 0 Å². The number of thioether (sulfide) groups is 1. The van der Waals surface area contributed by atoms with Crippen molar-refractivity contribution in [2.45, 2.75) is 36.3 Å². The number of pyridine rings is 1. The van der Waals surface area contributed by atoms with Gasteiger partial charge in [-0.05, 0) is 25.0 Å². The number of hydrogen-bond acceptors (Lipinski definition) is 3. The van der Waals surface area contributed by atoms with Gasteiger partial charge in [0.25, 0.3) is 0 Å². The second kappa shape index (κ2) is 5.61. The van der Waals surface area contributed by atoms with E-state index in [9.17, 15) is 9.90 Å². The van der Waals surface area contributed by atoms with Crippen LogP contribution in [0.25, 0.3) is 10.9 Å². The predicted octanol–water partition coefficient (Wildman–Crippen LogP) is 3.97. The zero-order valence-corrected chi connectivity index (χ0v) is 11.9. The zero-order valence-electron chi connectivity index (χ0n) is 11.1. The minimum atomic E-state index is -0.760. The molecule has 0 aliphatic carbocycles. The van der Waals surface area contributed by atoms with Gasteiger partial charge in [-0.15, -0.1) is 11.8 Å². The van der Waals surface area contributed by atoms with Crippen LogP contribution >= 0.6 is 11.8 Å². The van der Waals surface area contributed by atoms with E-state index in [1.807, 2.05) is 44.2 Å². The van der Waals surface area contributed by atoms with Gasteiger partial charge in [0.15, 0.2) is 0 Å². The van der Waals surface area contributed by atoms with Gasteiger partial charge in [-0.2, -0.15) is 0 Å². The van der Waals surface area contributed by atoms with E-state index in [1.165, 1.54) is 11.8 Å². The molecule has 0 saturated heterocycles. The van der Waals surface area contributed by atoms with Crippen LogP contribution in [0.5, 0.6) is 0 Å². The molecule has 1 heterocycles. The first-order valence-electron chi connectivity index (χ1n) is 6.39. The van der Waals surface area contributed by atoms with Crippen LogP contribution in [0.3, 0.4) is 0 Å². The third-order valence-electron chi connectivity index (χ3n) is 3.45. The van der Waals surface area contributed by atoms with Crippen molar-refractivity contribution in [2.75, 3.05) is 0 Å². The Morgan fingerprint density at radius 2 is 1.95 bits per heavy atom. The molecule has 0 spiro atoms. The third-order valence-corrected chi connectivity index (χ3v) is 5.16. The Hall–Kier alpha value is -1.55. The summed E-state index contributed by atoms with van der Waals surface area (Å²) in [6.07, 6.45) is 2.93. The molecular weight excluding hydrogens is 258 g/mol. The van der Waals surface area contributed by atoms with Gasteiger partial charge >= 0.3 is 5.97 Å². The van der Waals surface area contributed by atoms with Crippen LogP contribution in [-0.2, 0) is 4.79 Å². The maximum atomic E-state index is 11.6. The number of carboxylic acid groups (broad SMARTS) is 1. The van der Waals surface area contributed by atoms with Crippen LogP contribution in [-0.4, -0.2) is 20.8 Å². The summed E-state index contributed by atoms with van der Waals surface area (Å²) in [6.45, 7) is 3.85. The molecule has 19 heavy (non-hydrogen) atoms. The lowest BCUT2D eigenvalue weighted by Crippen LogP contribution is -2.33. The summed E-state index contributed by atoms with van der Waals surface area (Å²) in [5.41, 5.74) is 0.902. The monoisotopic (exact) mass is 275 g/mol. The van der Waals surface area contributed by atoms with Crippen LogP contribution < -0.4 is 0 Å². The molecule has 0 aliphatic heterocycles. The molecule has 0 aliphatic rings.